The molecule has 1 saturated heterocycles. The topological polar surface area (TPSA) is 54.5 Å². The summed E-state index contributed by atoms with van der Waals surface area (Å²) in [5, 5.41) is 0. The van der Waals surface area contributed by atoms with Crippen LogP contribution in [0.25, 0.3) is 0 Å². The van der Waals surface area contributed by atoms with E-state index in [0.29, 0.717) is 18.0 Å². The minimum absolute atomic E-state index is 0.282. The van der Waals surface area contributed by atoms with Crippen molar-refractivity contribution in [3.05, 3.63) is 27.8 Å². The van der Waals surface area contributed by atoms with Gasteiger partial charge in [-0.3, -0.25) is 4.79 Å². The van der Waals surface area contributed by atoms with Crippen LogP contribution in [-0.2, 0) is 14.6 Å². The van der Waals surface area contributed by atoms with Gasteiger partial charge in [-0.15, -0.1) is 0 Å². The standard InChI is InChI=1S/C16H23NO3S/c1-10-11(2)13(4)16(14(5)12(10)3)21(19,20)9-15(18)17-7-6-8-17/h6-9H2,1-5H3. The summed E-state index contributed by atoms with van der Waals surface area (Å²) in [4.78, 5) is 14.0. The van der Waals surface area contributed by atoms with Gasteiger partial charge in [0, 0.05) is 13.1 Å². The molecule has 1 heterocycles. The summed E-state index contributed by atoms with van der Waals surface area (Å²) in [7, 11) is -3.60. The molecule has 0 radical (unpaired) electrons. The highest BCUT2D eigenvalue weighted by atomic mass is 32.2. The van der Waals surface area contributed by atoms with Crippen LogP contribution in [0.4, 0.5) is 0 Å². The van der Waals surface area contributed by atoms with Crippen molar-refractivity contribution in [1.29, 1.82) is 0 Å². The Hall–Kier alpha value is -1.36. The van der Waals surface area contributed by atoms with Crippen molar-refractivity contribution >= 4 is 15.7 Å². The average Bonchev–Trinajstić information content (AvgIpc) is 2.30. The summed E-state index contributed by atoms with van der Waals surface area (Å²) in [5.74, 6) is -0.702. The molecular weight excluding hydrogens is 286 g/mol. The fourth-order valence-corrected chi connectivity index (χ4v) is 4.71. The van der Waals surface area contributed by atoms with E-state index in [2.05, 4.69) is 0 Å². The van der Waals surface area contributed by atoms with Gasteiger partial charge in [-0.1, -0.05) is 0 Å². The van der Waals surface area contributed by atoms with Gasteiger partial charge in [0.15, 0.2) is 9.84 Å². The van der Waals surface area contributed by atoms with E-state index in [1.807, 2.05) is 34.6 Å². The fraction of sp³-hybridized carbons (Fsp3) is 0.562. The Balaban J connectivity index is 2.47. The van der Waals surface area contributed by atoms with E-state index in [1.165, 1.54) is 0 Å². The molecule has 0 N–H and O–H groups in total. The van der Waals surface area contributed by atoms with E-state index in [0.717, 1.165) is 34.2 Å². The lowest BCUT2D eigenvalue weighted by atomic mass is 9.95. The molecule has 0 spiro atoms. The van der Waals surface area contributed by atoms with E-state index in [1.54, 1.807) is 4.90 Å². The van der Waals surface area contributed by atoms with Crippen LogP contribution in [0.3, 0.4) is 0 Å². The van der Waals surface area contributed by atoms with Gasteiger partial charge in [0.25, 0.3) is 0 Å². The molecule has 1 aromatic rings. The Morgan fingerprint density at radius 3 is 1.71 bits per heavy atom. The second kappa shape index (κ2) is 5.44. The minimum atomic E-state index is -3.60. The molecule has 0 unspecified atom stereocenters. The molecule has 0 aliphatic carbocycles. The number of carbonyl (C=O) groups is 1. The van der Waals surface area contributed by atoms with E-state index in [9.17, 15) is 13.2 Å². The zero-order chi connectivity index (χ0) is 15.9. The number of rotatable bonds is 3. The summed E-state index contributed by atoms with van der Waals surface area (Å²) in [6.07, 6.45) is 0.965. The Morgan fingerprint density at radius 2 is 1.33 bits per heavy atom. The molecule has 1 aliphatic rings. The molecule has 1 aromatic carbocycles. The van der Waals surface area contributed by atoms with Gasteiger partial charge in [0.2, 0.25) is 5.91 Å². The summed E-state index contributed by atoms with van der Waals surface area (Å²) in [6.45, 7) is 10.9. The first-order chi connectivity index (χ1) is 9.66. The van der Waals surface area contributed by atoms with Crippen molar-refractivity contribution in [2.45, 2.75) is 45.9 Å². The lowest BCUT2D eigenvalue weighted by molar-refractivity contribution is -0.131. The SMILES string of the molecule is Cc1c(C)c(C)c(S(=O)(=O)CC(=O)N2CCC2)c(C)c1C. The average molecular weight is 309 g/mol. The number of carbonyl (C=O) groups excluding carboxylic acids is 1. The summed E-state index contributed by atoms with van der Waals surface area (Å²) < 4.78 is 25.4. The summed E-state index contributed by atoms with van der Waals surface area (Å²) >= 11 is 0. The molecule has 116 valence electrons. The normalized spacial score (nSPS) is 15.0. The highest BCUT2D eigenvalue weighted by molar-refractivity contribution is 7.92. The number of sulfone groups is 1. The fourth-order valence-electron chi connectivity index (χ4n) is 2.82. The predicted octanol–water partition coefficient (Wildman–Crippen LogP) is 2.23. The highest BCUT2D eigenvalue weighted by Crippen LogP contribution is 2.30. The van der Waals surface area contributed by atoms with Crippen molar-refractivity contribution in [1.82, 2.24) is 4.90 Å². The maximum absolute atomic E-state index is 12.7. The quantitative estimate of drug-likeness (QED) is 0.860. The van der Waals surface area contributed by atoms with Crippen molar-refractivity contribution < 1.29 is 13.2 Å². The van der Waals surface area contributed by atoms with Crippen molar-refractivity contribution in [2.24, 2.45) is 0 Å². The molecule has 0 atom stereocenters. The molecule has 0 bridgehead atoms. The van der Waals surface area contributed by atoms with Crippen LogP contribution in [0, 0.1) is 34.6 Å². The molecule has 21 heavy (non-hydrogen) atoms. The molecule has 5 heteroatoms. The van der Waals surface area contributed by atoms with Gasteiger partial charge in [-0.25, -0.2) is 8.42 Å². The summed E-state index contributed by atoms with van der Waals surface area (Å²) in [5.41, 5.74) is 4.65. The molecule has 1 fully saturated rings. The number of hydrogen-bond donors (Lipinski definition) is 0. The van der Waals surface area contributed by atoms with Gasteiger partial charge < -0.3 is 4.90 Å². The second-order valence-electron chi connectivity index (χ2n) is 5.95. The van der Waals surface area contributed by atoms with Crippen LogP contribution in [-0.4, -0.2) is 38.1 Å². The van der Waals surface area contributed by atoms with Crippen molar-refractivity contribution in [3.63, 3.8) is 0 Å². The second-order valence-corrected chi connectivity index (χ2v) is 7.87. The molecule has 1 aliphatic heterocycles. The Morgan fingerprint density at radius 1 is 0.905 bits per heavy atom. The smallest absolute Gasteiger partial charge is 0.238 e. The molecule has 0 saturated carbocycles. The van der Waals surface area contributed by atoms with Crippen LogP contribution >= 0.6 is 0 Å². The molecule has 2 rings (SSSR count). The molecular formula is C16H23NO3S. The molecule has 4 nitrogen and oxygen atoms in total. The molecule has 0 aromatic heterocycles. The number of hydrogen-bond acceptors (Lipinski definition) is 3. The first-order valence-corrected chi connectivity index (χ1v) is 8.89. The largest absolute Gasteiger partial charge is 0.342 e. The lowest BCUT2D eigenvalue weighted by Gasteiger charge is -2.31. The van der Waals surface area contributed by atoms with Crippen LogP contribution < -0.4 is 0 Å². The highest BCUT2D eigenvalue weighted by Gasteiger charge is 2.30. The Labute approximate surface area is 127 Å². The van der Waals surface area contributed by atoms with E-state index in [-0.39, 0.29) is 5.91 Å². The summed E-state index contributed by atoms with van der Waals surface area (Å²) in [6, 6.07) is 0. The van der Waals surface area contributed by atoms with E-state index < -0.39 is 15.6 Å². The van der Waals surface area contributed by atoms with Crippen LogP contribution in [0.1, 0.15) is 34.2 Å². The monoisotopic (exact) mass is 309 g/mol. The number of likely N-dealkylation sites (tertiary alicyclic amines) is 1. The number of nitrogens with zero attached hydrogens (tertiary/aromatic N) is 1. The first-order valence-electron chi connectivity index (χ1n) is 7.24. The lowest BCUT2D eigenvalue weighted by Crippen LogP contribution is -2.44. The van der Waals surface area contributed by atoms with Gasteiger partial charge in [-0.05, 0) is 68.9 Å². The van der Waals surface area contributed by atoms with Crippen molar-refractivity contribution in [3.8, 4) is 0 Å². The van der Waals surface area contributed by atoms with Gasteiger partial charge in [0.05, 0.1) is 4.90 Å². The zero-order valence-electron chi connectivity index (χ0n) is 13.4. The van der Waals surface area contributed by atoms with Gasteiger partial charge in [0.1, 0.15) is 5.75 Å². The predicted molar refractivity (Wildman–Crippen MR) is 83.4 cm³/mol. The maximum Gasteiger partial charge on any atom is 0.238 e. The number of amides is 1. The van der Waals surface area contributed by atoms with E-state index >= 15 is 0 Å². The van der Waals surface area contributed by atoms with Crippen LogP contribution in [0.2, 0.25) is 0 Å². The van der Waals surface area contributed by atoms with Gasteiger partial charge in [-0.2, -0.15) is 0 Å². The Kier molecular flexibility index (Phi) is 4.15. The van der Waals surface area contributed by atoms with Crippen LogP contribution in [0.15, 0.2) is 4.90 Å². The third kappa shape index (κ3) is 2.71. The maximum atomic E-state index is 12.7. The third-order valence-electron chi connectivity index (χ3n) is 4.76. The number of benzene rings is 1. The Bertz CT molecular complexity index is 672. The van der Waals surface area contributed by atoms with Crippen LogP contribution in [0.5, 0.6) is 0 Å². The van der Waals surface area contributed by atoms with Crippen molar-refractivity contribution in [2.75, 3.05) is 18.8 Å². The first kappa shape index (κ1) is 16.0. The molecule has 1 amide bonds. The minimum Gasteiger partial charge on any atom is -0.342 e. The third-order valence-corrected chi connectivity index (χ3v) is 6.63. The zero-order valence-corrected chi connectivity index (χ0v) is 14.2. The van der Waals surface area contributed by atoms with Gasteiger partial charge >= 0.3 is 0 Å². The van der Waals surface area contributed by atoms with E-state index in [4.69, 9.17) is 0 Å².